The Labute approximate surface area is 117 Å². The molecule has 20 heavy (non-hydrogen) atoms. The molecule has 0 aliphatic carbocycles. The van der Waals surface area contributed by atoms with Gasteiger partial charge in [-0.3, -0.25) is 0 Å². The molecule has 0 fully saturated rings. The maximum atomic E-state index is 11.5. The Bertz CT molecular complexity index is 400. The third kappa shape index (κ3) is 5.99. The molecule has 1 heterocycles. The lowest BCUT2D eigenvalue weighted by Crippen LogP contribution is -2.27. The first-order valence-corrected chi connectivity index (χ1v) is 6.52. The van der Waals surface area contributed by atoms with Crippen molar-refractivity contribution < 1.29 is 29.3 Å². The Morgan fingerprint density at radius 2 is 1.60 bits per heavy atom. The summed E-state index contributed by atoms with van der Waals surface area (Å²) in [6.07, 6.45) is 2.48. The molecule has 0 bridgehead atoms. The van der Waals surface area contributed by atoms with Gasteiger partial charge in [0, 0.05) is 12.2 Å². The number of esters is 2. The Morgan fingerprint density at radius 1 is 1.00 bits per heavy atom. The van der Waals surface area contributed by atoms with Crippen molar-refractivity contribution in [1.82, 2.24) is 0 Å². The Hall–Kier alpha value is -1.66. The van der Waals surface area contributed by atoms with Gasteiger partial charge in [0.05, 0.1) is 12.2 Å². The van der Waals surface area contributed by atoms with Crippen LogP contribution < -0.4 is 0 Å². The zero-order valence-corrected chi connectivity index (χ0v) is 11.6. The van der Waals surface area contributed by atoms with Gasteiger partial charge >= 0.3 is 11.9 Å². The van der Waals surface area contributed by atoms with E-state index in [-0.39, 0.29) is 6.10 Å². The first-order valence-electron chi connectivity index (χ1n) is 6.52. The molecule has 6 nitrogen and oxygen atoms in total. The average Bonchev–Trinajstić information content (AvgIpc) is 2.39. The summed E-state index contributed by atoms with van der Waals surface area (Å²) >= 11 is 0. The molecule has 1 aliphatic rings. The van der Waals surface area contributed by atoms with Crippen molar-refractivity contribution in [2.24, 2.45) is 0 Å². The van der Waals surface area contributed by atoms with E-state index in [1.165, 1.54) is 19.1 Å². The number of aliphatic hydroxyl groups is 2. The highest BCUT2D eigenvalue weighted by Crippen LogP contribution is 2.09. The molecule has 6 heteroatoms. The summed E-state index contributed by atoms with van der Waals surface area (Å²) in [5, 5.41) is 19.3. The maximum absolute atomic E-state index is 11.5. The van der Waals surface area contributed by atoms with E-state index in [2.05, 4.69) is 0 Å². The van der Waals surface area contributed by atoms with Crippen LogP contribution >= 0.6 is 0 Å². The monoisotopic (exact) mass is 284 g/mol. The first kappa shape index (κ1) is 16.4. The molecule has 112 valence electrons. The number of aliphatic hydroxyl groups excluding tert-OH is 2. The smallest absolute Gasteiger partial charge is 0.330 e. The van der Waals surface area contributed by atoms with E-state index in [9.17, 15) is 19.8 Å². The van der Waals surface area contributed by atoms with E-state index < -0.39 is 30.3 Å². The largest absolute Gasteiger partial charge is 0.460 e. The average molecular weight is 284 g/mol. The number of carbonyl (C=O) groups is 2. The third-order valence-corrected chi connectivity index (χ3v) is 2.85. The second-order valence-electron chi connectivity index (χ2n) is 4.74. The van der Waals surface area contributed by atoms with Crippen molar-refractivity contribution >= 4 is 11.9 Å². The number of carbonyl (C=O) groups excluding carboxylic acids is 2. The zero-order valence-electron chi connectivity index (χ0n) is 11.6. The van der Waals surface area contributed by atoms with Crippen LogP contribution in [0.25, 0.3) is 0 Å². The van der Waals surface area contributed by atoms with Crippen molar-refractivity contribution in [2.75, 3.05) is 0 Å². The highest BCUT2D eigenvalue weighted by molar-refractivity contribution is 5.83. The van der Waals surface area contributed by atoms with Gasteiger partial charge in [-0.2, -0.15) is 0 Å². The second-order valence-corrected chi connectivity index (χ2v) is 4.74. The molecule has 0 saturated carbocycles. The van der Waals surface area contributed by atoms with Crippen LogP contribution in [0, 0.1) is 0 Å². The summed E-state index contributed by atoms with van der Waals surface area (Å²) < 4.78 is 9.99. The van der Waals surface area contributed by atoms with Gasteiger partial charge in [0.15, 0.2) is 0 Å². The van der Waals surface area contributed by atoms with E-state index >= 15 is 0 Å². The van der Waals surface area contributed by atoms with Gasteiger partial charge in [-0.25, -0.2) is 9.59 Å². The molecular weight excluding hydrogens is 264 g/mol. The standard InChI is InChI=1S/C14H20O6/c1-9-3-4-11(15)5-7-14(18)20-10(2)12(16)6-8-13(17)19-9/h5-12,15-16H,3-4H2,1-2H3/b7-5?,8-6+/t9-,10-,11-,12+/m1/s1. The third-order valence-electron chi connectivity index (χ3n) is 2.85. The lowest BCUT2D eigenvalue weighted by Gasteiger charge is -2.17. The molecule has 2 N–H and O–H groups in total. The lowest BCUT2D eigenvalue weighted by molar-refractivity contribution is -0.146. The van der Waals surface area contributed by atoms with Gasteiger partial charge in [-0.05, 0) is 38.8 Å². The van der Waals surface area contributed by atoms with Crippen molar-refractivity contribution in [3.8, 4) is 0 Å². The fourth-order valence-electron chi connectivity index (χ4n) is 1.61. The minimum absolute atomic E-state index is 0.361. The van der Waals surface area contributed by atoms with Gasteiger partial charge in [0.25, 0.3) is 0 Å². The van der Waals surface area contributed by atoms with Gasteiger partial charge in [-0.1, -0.05) is 0 Å². The van der Waals surface area contributed by atoms with E-state index in [4.69, 9.17) is 9.47 Å². The molecular formula is C14H20O6. The molecule has 0 unspecified atom stereocenters. The molecule has 0 aromatic heterocycles. The van der Waals surface area contributed by atoms with Gasteiger partial charge in [0.1, 0.15) is 12.2 Å². The second kappa shape index (κ2) is 7.81. The van der Waals surface area contributed by atoms with Crippen molar-refractivity contribution in [1.29, 1.82) is 0 Å². The molecule has 0 radical (unpaired) electrons. The Kier molecular flexibility index (Phi) is 6.41. The van der Waals surface area contributed by atoms with Gasteiger partial charge in [-0.15, -0.1) is 0 Å². The first-order chi connectivity index (χ1) is 9.38. The summed E-state index contributed by atoms with van der Waals surface area (Å²) in [5.41, 5.74) is 0. The molecule has 1 aliphatic heterocycles. The SMILES string of the molecule is C[C@@H]1CC[C@@H](O)C=CC(=O)O[C@H](C)[C@@H](O)/C=C/C(=O)O1. The van der Waals surface area contributed by atoms with Gasteiger partial charge < -0.3 is 19.7 Å². The summed E-state index contributed by atoms with van der Waals surface area (Å²) in [6, 6.07) is 0. The summed E-state index contributed by atoms with van der Waals surface area (Å²) in [7, 11) is 0. The predicted molar refractivity (Wildman–Crippen MR) is 70.6 cm³/mol. The minimum Gasteiger partial charge on any atom is -0.460 e. The molecule has 0 amide bonds. The molecule has 1 rings (SSSR count). The van der Waals surface area contributed by atoms with E-state index in [1.54, 1.807) is 6.92 Å². The number of hydrogen-bond donors (Lipinski definition) is 2. The maximum Gasteiger partial charge on any atom is 0.330 e. The Balaban J connectivity index is 2.79. The van der Waals surface area contributed by atoms with Gasteiger partial charge in [0.2, 0.25) is 0 Å². The van der Waals surface area contributed by atoms with Crippen LogP contribution in [-0.2, 0) is 19.1 Å². The minimum atomic E-state index is -1.11. The Morgan fingerprint density at radius 3 is 2.30 bits per heavy atom. The fourth-order valence-corrected chi connectivity index (χ4v) is 1.61. The normalized spacial score (nSPS) is 34.8. The number of cyclic esters (lactones) is 2. The predicted octanol–water partition coefficient (Wildman–Crippen LogP) is 0.478. The zero-order chi connectivity index (χ0) is 15.1. The quantitative estimate of drug-likeness (QED) is 0.628. The summed E-state index contributed by atoms with van der Waals surface area (Å²) in [6.45, 7) is 3.21. The number of ether oxygens (including phenoxy) is 2. The van der Waals surface area contributed by atoms with Crippen LogP contribution in [0.5, 0.6) is 0 Å². The van der Waals surface area contributed by atoms with Crippen molar-refractivity contribution in [2.45, 2.75) is 51.1 Å². The van der Waals surface area contributed by atoms with Crippen molar-refractivity contribution in [3.05, 3.63) is 24.3 Å². The van der Waals surface area contributed by atoms with Crippen LogP contribution in [-0.4, -0.2) is 46.6 Å². The van der Waals surface area contributed by atoms with Crippen LogP contribution in [0.15, 0.2) is 24.3 Å². The molecule has 0 saturated heterocycles. The van der Waals surface area contributed by atoms with Crippen molar-refractivity contribution in [3.63, 3.8) is 0 Å². The highest BCUT2D eigenvalue weighted by atomic mass is 16.6. The fraction of sp³-hybridized carbons (Fsp3) is 0.571. The van der Waals surface area contributed by atoms with E-state index in [0.29, 0.717) is 12.8 Å². The lowest BCUT2D eigenvalue weighted by atomic mass is 10.1. The van der Waals surface area contributed by atoms with Crippen LogP contribution in [0.1, 0.15) is 26.7 Å². The molecule has 0 aromatic rings. The van der Waals surface area contributed by atoms with E-state index in [0.717, 1.165) is 12.2 Å². The van der Waals surface area contributed by atoms with Crippen LogP contribution in [0.3, 0.4) is 0 Å². The number of hydrogen-bond acceptors (Lipinski definition) is 6. The summed E-state index contributed by atoms with van der Waals surface area (Å²) in [4.78, 5) is 22.9. The van der Waals surface area contributed by atoms with E-state index in [1.807, 2.05) is 0 Å². The highest BCUT2D eigenvalue weighted by Gasteiger charge is 2.17. The number of rotatable bonds is 0. The topological polar surface area (TPSA) is 93.1 Å². The van der Waals surface area contributed by atoms with Crippen LogP contribution in [0.2, 0.25) is 0 Å². The van der Waals surface area contributed by atoms with Crippen LogP contribution in [0.4, 0.5) is 0 Å². The molecule has 0 aromatic carbocycles. The summed E-state index contributed by atoms with van der Waals surface area (Å²) in [5.74, 6) is -1.24. The molecule has 0 spiro atoms. The molecule has 4 atom stereocenters.